The van der Waals surface area contributed by atoms with Gasteiger partial charge in [-0.3, -0.25) is 0 Å². The van der Waals surface area contributed by atoms with E-state index in [1.54, 1.807) is 0 Å². The summed E-state index contributed by atoms with van der Waals surface area (Å²) in [4.78, 5) is 0. The van der Waals surface area contributed by atoms with Gasteiger partial charge in [-0.25, -0.2) is 0 Å². The predicted molar refractivity (Wildman–Crippen MR) is 76.8 cm³/mol. The zero-order valence-corrected chi connectivity index (χ0v) is 11.9. The van der Waals surface area contributed by atoms with Gasteiger partial charge in [0.2, 0.25) is 0 Å². The van der Waals surface area contributed by atoms with Gasteiger partial charge in [-0.2, -0.15) is 0 Å². The lowest BCUT2D eigenvalue weighted by atomic mass is 9.89. The molecule has 0 amide bonds. The minimum atomic E-state index is 0.680. The van der Waals surface area contributed by atoms with E-state index in [4.69, 9.17) is 0 Å². The fourth-order valence-corrected chi connectivity index (χ4v) is 4.04. The van der Waals surface area contributed by atoms with Gasteiger partial charge >= 0.3 is 0 Å². The van der Waals surface area contributed by atoms with Crippen molar-refractivity contribution in [3.63, 3.8) is 0 Å². The highest BCUT2D eigenvalue weighted by Gasteiger charge is 2.47. The molecule has 1 heteroatoms. The molecule has 1 aromatic rings. The highest BCUT2D eigenvalue weighted by molar-refractivity contribution is 5.29. The first-order chi connectivity index (χ1) is 8.65. The van der Waals surface area contributed by atoms with E-state index in [9.17, 15) is 0 Å². The Hall–Kier alpha value is -0.820. The normalized spacial score (nSPS) is 31.2. The van der Waals surface area contributed by atoms with E-state index >= 15 is 0 Å². The molecule has 3 unspecified atom stereocenters. The van der Waals surface area contributed by atoms with Crippen molar-refractivity contribution in [2.45, 2.75) is 45.6 Å². The van der Waals surface area contributed by atoms with Crippen molar-refractivity contribution in [2.24, 2.45) is 17.8 Å². The maximum Gasteiger partial charge on any atom is 0.0133 e. The number of fused-ring (bicyclic) bond motifs is 1. The monoisotopic (exact) mass is 243 g/mol. The second kappa shape index (κ2) is 4.70. The van der Waals surface area contributed by atoms with E-state index in [2.05, 4.69) is 44.4 Å². The topological polar surface area (TPSA) is 12.0 Å². The summed E-state index contributed by atoms with van der Waals surface area (Å²) in [5, 5.41) is 3.57. The number of hydrogen-bond donors (Lipinski definition) is 1. The van der Waals surface area contributed by atoms with Gasteiger partial charge in [0.25, 0.3) is 0 Å². The highest BCUT2D eigenvalue weighted by atomic mass is 14.9. The molecule has 0 bridgehead atoms. The van der Waals surface area contributed by atoms with Gasteiger partial charge in [0.05, 0.1) is 0 Å². The quantitative estimate of drug-likeness (QED) is 0.853. The Balaban J connectivity index is 1.68. The maximum absolute atomic E-state index is 3.57. The van der Waals surface area contributed by atoms with Crippen LogP contribution in [0.4, 0.5) is 0 Å². The van der Waals surface area contributed by atoms with Gasteiger partial charge in [0, 0.05) is 6.04 Å². The summed E-state index contributed by atoms with van der Waals surface area (Å²) in [7, 11) is 2.14. The molecule has 98 valence electrons. The zero-order valence-electron chi connectivity index (χ0n) is 11.9. The molecule has 0 heterocycles. The van der Waals surface area contributed by atoms with E-state index in [0.717, 1.165) is 17.8 Å². The molecule has 2 aliphatic rings. The molecule has 0 aliphatic heterocycles. The molecular formula is C17H25N. The van der Waals surface area contributed by atoms with Crippen molar-refractivity contribution < 1.29 is 0 Å². The van der Waals surface area contributed by atoms with Crippen LogP contribution in [0.1, 0.15) is 36.0 Å². The Morgan fingerprint density at radius 1 is 1.06 bits per heavy atom. The molecule has 0 radical (unpaired) electrons. The second-order valence-corrected chi connectivity index (χ2v) is 6.58. The van der Waals surface area contributed by atoms with Crippen LogP contribution in [0.2, 0.25) is 0 Å². The summed E-state index contributed by atoms with van der Waals surface area (Å²) < 4.78 is 0. The predicted octanol–water partition coefficient (Wildman–Crippen LogP) is 3.48. The number of nitrogens with one attached hydrogen (secondary N) is 1. The number of benzene rings is 1. The van der Waals surface area contributed by atoms with Gasteiger partial charge < -0.3 is 5.32 Å². The number of rotatable bonds is 4. The Labute approximate surface area is 111 Å². The lowest BCUT2D eigenvalue weighted by Gasteiger charge is -2.24. The molecule has 1 N–H and O–H groups in total. The minimum absolute atomic E-state index is 0.680. The van der Waals surface area contributed by atoms with E-state index in [1.807, 2.05) is 0 Å². The first kappa shape index (κ1) is 12.2. The van der Waals surface area contributed by atoms with Gasteiger partial charge in [-0.15, -0.1) is 0 Å². The second-order valence-electron chi connectivity index (χ2n) is 6.58. The van der Waals surface area contributed by atoms with Crippen molar-refractivity contribution in [3.05, 3.63) is 34.9 Å². The third kappa shape index (κ3) is 2.47. The molecule has 2 aliphatic carbocycles. The Kier molecular flexibility index (Phi) is 3.19. The van der Waals surface area contributed by atoms with Crippen LogP contribution in [0.15, 0.2) is 18.2 Å². The van der Waals surface area contributed by atoms with Gasteiger partial charge in [0.15, 0.2) is 0 Å². The smallest absolute Gasteiger partial charge is 0.0133 e. The number of likely N-dealkylation sites (N-methyl/N-ethyl adjacent to an activating group) is 1. The average Bonchev–Trinajstić information content (AvgIpc) is 2.92. The highest BCUT2D eigenvalue weighted by Crippen LogP contribution is 2.55. The standard InChI is InChI=1S/C17H25N/c1-11-4-12(2)6-13(5-11)7-17(18-3)16-9-14-8-15(14)10-16/h4-6,14-18H,7-10H2,1-3H3. The van der Waals surface area contributed by atoms with Crippen LogP contribution in [0.5, 0.6) is 0 Å². The minimum Gasteiger partial charge on any atom is -0.316 e. The molecule has 1 aromatic carbocycles. The number of aryl methyl sites for hydroxylation is 2. The number of hydrogen-bond acceptors (Lipinski definition) is 1. The first-order valence-electron chi connectivity index (χ1n) is 7.40. The summed E-state index contributed by atoms with van der Waals surface area (Å²) in [6.45, 7) is 4.41. The van der Waals surface area contributed by atoms with Crippen LogP contribution in [0, 0.1) is 31.6 Å². The molecule has 2 saturated carbocycles. The van der Waals surface area contributed by atoms with Gasteiger partial charge in [-0.05, 0) is 69.9 Å². The summed E-state index contributed by atoms with van der Waals surface area (Å²) in [6, 6.07) is 7.65. The molecular weight excluding hydrogens is 218 g/mol. The lowest BCUT2D eigenvalue weighted by Crippen LogP contribution is -2.35. The van der Waals surface area contributed by atoms with Gasteiger partial charge in [0.1, 0.15) is 0 Å². The van der Waals surface area contributed by atoms with Crippen molar-refractivity contribution in [1.29, 1.82) is 0 Å². The fraction of sp³-hybridized carbons (Fsp3) is 0.647. The van der Waals surface area contributed by atoms with Crippen molar-refractivity contribution in [1.82, 2.24) is 5.32 Å². The summed E-state index contributed by atoms with van der Waals surface area (Å²) in [6.07, 6.45) is 5.67. The fourth-order valence-electron chi connectivity index (χ4n) is 4.04. The van der Waals surface area contributed by atoms with Crippen molar-refractivity contribution >= 4 is 0 Å². The summed E-state index contributed by atoms with van der Waals surface area (Å²) in [5.41, 5.74) is 4.30. The molecule has 0 spiro atoms. The SMILES string of the molecule is CNC(Cc1cc(C)cc(C)c1)C1CC2CC2C1. The molecule has 0 aromatic heterocycles. The van der Waals surface area contributed by atoms with E-state index in [1.165, 1.54) is 42.4 Å². The van der Waals surface area contributed by atoms with Crippen molar-refractivity contribution in [2.75, 3.05) is 7.05 Å². The van der Waals surface area contributed by atoms with Crippen LogP contribution in [0.3, 0.4) is 0 Å². The molecule has 0 saturated heterocycles. The first-order valence-corrected chi connectivity index (χ1v) is 7.40. The molecule has 2 fully saturated rings. The van der Waals surface area contributed by atoms with E-state index in [0.29, 0.717) is 6.04 Å². The molecule has 3 atom stereocenters. The lowest BCUT2D eigenvalue weighted by molar-refractivity contribution is 0.349. The van der Waals surface area contributed by atoms with Crippen LogP contribution < -0.4 is 5.32 Å². The van der Waals surface area contributed by atoms with Crippen LogP contribution in [-0.2, 0) is 6.42 Å². The Morgan fingerprint density at radius 3 is 2.22 bits per heavy atom. The molecule has 3 rings (SSSR count). The van der Waals surface area contributed by atoms with E-state index < -0.39 is 0 Å². The average molecular weight is 243 g/mol. The Morgan fingerprint density at radius 2 is 1.67 bits per heavy atom. The van der Waals surface area contributed by atoms with Crippen LogP contribution in [0.25, 0.3) is 0 Å². The Bertz CT molecular complexity index is 407. The third-order valence-electron chi connectivity index (χ3n) is 4.96. The van der Waals surface area contributed by atoms with Crippen LogP contribution >= 0.6 is 0 Å². The summed E-state index contributed by atoms with van der Waals surface area (Å²) in [5.74, 6) is 3.09. The largest absolute Gasteiger partial charge is 0.316 e. The van der Waals surface area contributed by atoms with Crippen LogP contribution in [-0.4, -0.2) is 13.1 Å². The molecule has 1 nitrogen and oxygen atoms in total. The van der Waals surface area contributed by atoms with Gasteiger partial charge in [-0.1, -0.05) is 29.3 Å². The molecule has 18 heavy (non-hydrogen) atoms. The van der Waals surface area contributed by atoms with Crippen molar-refractivity contribution in [3.8, 4) is 0 Å². The third-order valence-corrected chi connectivity index (χ3v) is 4.96. The maximum atomic E-state index is 3.57. The van der Waals surface area contributed by atoms with E-state index in [-0.39, 0.29) is 0 Å². The summed E-state index contributed by atoms with van der Waals surface area (Å²) >= 11 is 0. The zero-order chi connectivity index (χ0) is 12.7.